The summed E-state index contributed by atoms with van der Waals surface area (Å²) >= 11 is 3.40. The molecule has 0 fully saturated rings. The van der Waals surface area contributed by atoms with Gasteiger partial charge in [-0.25, -0.2) is 4.79 Å². The lowest BCUT2D eigenvalue weighted by atomic mass is 10.1. The molecule has 6 heteroatoms. The Labute approximate surface area is 188 Å². The topological polar surface area (TPSA) is 70.2 Å². The summed E-state index contributed by atoms with van der Waals surface area (Å²) in [6.45, 7) is 0. The van der Waals surface area contributed by atoms with E-state index in [2.05, 4.69) is 31.9 Å². The highest BCUT2D eigenvalue weighted by Gasteiger charge is 2.23. The van der Waals surface area contributed by atoms with E-state index in [0.717, 1.165) is 15.2 Å². The normalized spacial score (nSPS) is 11.5. The number of nitrogens with one attached hydrogen (secondary N) is 3. The first-order valence-electron chi connectivity index (χ1n) is 9.77. The summed E-state index contributed by atoms with van der Waals surface area (Å²) in [5.74, 6) is -0.336. The highest BCUT2D eigenvalue weighted by molar-refractivity contribution is 9.10. The van der Waals surface area contributed by atoms with Gasteiger partial charge in [0.25, 0.3) is 5.91 Å². The summed E-state index contributed by atoms with van der Waals surface area (Å²) in [5, 5.41) is 10.5. The zero-order chi connectivity index (χ0) is 21.6. The van der Waals surface area contributed by atoms with Crippen molar-refractivity contribution in [3.8, 4) is 0 Å². The first kappa shape index (κ1) is 20.6. The van der Waals surface area contributed by atoms with Gasteiger partial charge in [-0.05, 0) is 35.2 Å². The maximum Gasteiger partial charge on any atom is 0.320 e. The zero-order valence-corrected chi connectivity index (χ0v) is 18.1. The van der Waals surface area contributed by atoms with Gasteiger partial charge < -0.3 is 16.0 Å². The summed E-state index contributed by atoms with van der Waals surface area (Å²) < 4.78 is 0.850. The summed E-state index contributed by atoms with van der Waals surface area (Å²) in [7, 11) is 0. The van der Waals surface area contributed by atoms with Crippen molar-refractivity contribution >= 4 is 50.0 Å². The minimum absolute atomic E-state index is 0.336. The average Bonchev–Trinajstić information content (AvgIpc) is 2.78. The van der Waals surface area contributed by atoms with Crippen molar-refractivity contribution in [1.29, 1.82) is 0 Å². The molecule has 0 aromatic heterocycles. The molecule has 0 spiro atoms. The van der Waals surface area contributed by atoms with E-state index >= 15 is 0 Å². The van der Waals surface area contributed by atoms with Crippen LogP contribution in [0.2, 0.25) is 0 Å². The molecular weight excluding hydrogens is 454 g/mol. The third-order valence-electron chi connectivity index (χ3n) is 4.80. The maximum absolute atomic E-state index is 13.1. The number of carbonyl (C=O) groups is 2. The van der Waals surface area contributed by atoms with Gasteiger partial charge in [-0.1, -0.05) is 88.7 Å². The van der Waals surface area contributed by atoms with E-state index in [0.29, 0.717) is 16.9 Å². The first-order chi connectivity index (χ1) is 15.1. The number of hydrogen-bond donors (Lipinski definition) is 3. The Morgan fingerprint density at radius 2 is 1.45 bits per heavy atom. The number of carbonyl (C=O) groups excluding carboxylic acids is 2. The summed E-state index contributed by atoms with van der Waals surface area (Å²) in [4.78, 5) is 25.9. The highest BCUT2D eigenvalue weighted by atomic mass is 79.9. The molecule has 0 aliphatic rings. The quantitative estimate of drug-likeness (QED) is 0.327. The molecule has 0 saturated heterocycles. The molecule has 3 N–H and O–H groups in total. The van der Waals surface area contributed by atoms with E-state index in [4.69, 9.17) is 0 Å². The van der Waals surface area contributed by atoms with Crippen LogP contribution in [0.1, 0.15) is 11.6 Å². The van der Waals surface area contributed by atoms with E-state index < -0.39 is 12.1 Å². The lowest BCUT2D eigenvalue weighted by molar-refractivity contribution is -0.118. The van der Waals surface area contributed by atoms with Crippen LogP contribution in [0.3, 0.4) is 0 Å². The largest absolute Gasteiger partial charge is 0.324 e. The number of amides is 3. The Hall–Kier alpha value is -3.64. The maximum atomic E-state index is 13.1. The Balaban J connectivity index is 1.55. The van der Waals surface area contributed by atoms with Crippen molar-refractivity contribution in [1.82, 2.24) is 5.32 Å². The molecule has 0 heterocycles. The van der Waals surface area contributed by atoms with Gasteiger partial charge >= 0.3 is 6.03 Å². The molecule has 4 aromatic rings. The molecule has 31 heavy (non-hydrogen) atoms. The monoisotopic (exact) mass is 473 g/mol. The Morgan fingerprint density at radius 3 is 2.26 bits per heavy atom. The van der Waals surface area contributed by atoms with Crippen molar-refractivity contribution in [2.75, 3.05) is 10.6 Å². The second-order valence-electron chi connectivity index (χ2n) is 6.97. The SMILES string of the molecule is O=C(Nc1cccc2ccccc12)N[C@@H](C(=O)Nc1cccc(Br)c1)c1ccccc1. The Morgan fingerprint density at radius 1 is 0.742 bits per heavy atom. The van der Waals surface area contributed by atoms with Crippen molar-refractivity contribution in [2.24, 2.45) is 0 Å². The molecule has 0 unspecified atom stereocenters. The van der Waals surface area contributed by atoms with Gasteiger partial charge in [0, 0.05) is 15.5 Å². The molecule has 3 amide bonds. The van der Waals surface area contributed by atoms with Crippen LogP contribution in [0.5, 0.6) is 0 Å². The minimum atomic E-state index is -0.866. The zero-order valence-electron chi connectivity index (χ0n) is 16.5. The fourth-order valence-electron chi connectivity index (χ4n) is 3.35. The van der Waals surface area contributed by atoms with E-state index in [1.807, 2.05) is 84.9 Å². The van der Waals surface area contributed by atoms with Gasteiger partial charge in [0.1, 0.15) is 6.04 Å². The van der Waals surface area contributed by atoms with E-state index in [-0.39, 0.29) is 5.91 Å². The molecule has 5 nitrogen and oxygen atoms in total. The van der Waals surface area contributed by atoms with E-state index in [1.54, 1.807) is 12.1 Å². The number of benzene rings is 4. The van der Waals surface area contributed by atoms with Crippen molar-refractivity contribution < 1.29 is 9.59 Å². The number of fused-ring (bicyclic) bond motifs is 1. The van der Waals surface area contributed by atoms with Crippen LogP contribution in [0, 0.1) is 0 Å². The number of rotatable bonds is 5. The molecule has 154 valence electrons. The minimum Gasteiger partial charge on any atom is -0.324 e. The number of urea groups is 1. The molecule has 0 aliphatic carbocycles. The molecule has 0 bridgehead atoms. The van der Waals surface area contributed by atoms with Gasteiger partial charge in [0.15, 0.2) is 0 Å². The van der Waals surface area contributed by atoms with Gasteiger partial charge in [0.05, 0.1) is 5.69 Å². The highest BCUT2D eigenvalue weighted by Crippen LogP contribution is 2.24. The van der Waals surface area contributed by atoms with Crippen molar-refractivity contribution in [3.63, 3.8) is 0 Å². The Kier molecular flexibility index (Phi) is 6.29. The van der Waals surface area contributed by atoms with E-state index in [1.165, 1.54) is 0 Å². The third kappa shape index (κ3) is 5.10. The predicted molar refractivity (Wildman–Crippen MR) is 128 cm³/mol. The molecule has 0 radical (unpaired) electrons. The molecule has 4 aromatic carbocycles. The molecular formula is C25H20BrN3O2. The smallest absolute Gasteiger partial charge is 0.320 e. The van der Waals surface area contributed by atoms with Gasteiger partial charge in [-0.3, -0.25) is 4.79 Å². The summed E-state index contributed by atoms with van der Waals surface area (Å²) in [6, 6.07) is 28.6. The number of hydrogen-bond acceptors (Lipinski definition) is 2. The first-order valence-corrected chi connectivity index (χ1v) is 10.6. The lowest BCUT2D eigenvalue weighted by Crippen LogP contribution is -2.39. The van der Waals surface area contributed by atoms with E-state index in [9.17, 15) is 9.59 Å². The van der Waals surface area contributed by atoms with Crippen LogP contribution in [-0.2, 0) is 4.79 Å². The molecule has 0 saturated carbocycles. The Bertz CT molecular complexity index is 1220. The van der Waals surface area contributed by atoms with Gasteiger partial charge in [0.2, 0.25) is 0 Å². The molecule has 4 rings (SSSR count). The number of halogens is 1. The molecule has 1 atom stereocenters. The number of anilines is 2. The van der Waals surface area contributed by atoms with Crippen LogP contribution >= 0.6 is 15.9 Å². The van der Waals surface area contributed by atoms with Crippen LogP contribution < -0.4 is 16.0 Å². The standard InChI is InChI=1S/C25H20BrN3O2/c26-19-12-7-13-20(16-19)27-24(30)23(18-9-2-1-3-10-18)29-25(31)28-22-15-6-11-17-8-4-5-14-21(17)22/h1-16,23H,(H,27,30)(H2,28,29,31)/t23-/m1/s1. The third-order valence-corrected chi connectivity index (χ3v) is 5.29. The average molecular weight is 474 g/mol. The fraction of sp³-hybridized carbons (Fsp3) is 0.0400. The summed E-state index contributed by atoms with van der Waals surface area (Å²) in [5.41, 5.74) is 1.99. The van der Waals surface area contributed by atoms with Gasteiger partial charge in [-0.15, -0.1) is 0 Å². The van der Waals surface area contributed by atoms with Crippen LogP contribution in [0.4, 0.5) is 16.2 Å². The van der Waals surface area contributed by atoms with Crippen LogP contribution in [0.15, 0.2) is 102 Å². The van der Waals surface area contributed by atoms with Crippen molar-refractivity contribution in [2.45, 2.75) is 6.04 Å². The van der Waals surface area contributed by atoms with Crippen molar-refractivity contribution in [3.05, 3.63) is 107 Å². The second-order valence-corrected chi connectivity index (χ2v) is 7.88. The lowest BCUT2D eigenvalue weighted by Gasteiger charge is -2.20. The fourth-order valence-corrected chi connectivity index (χ4v) is 3.75. The predicted octanol–water partition coefficient (Wildman–Crippen LogP) is 6.10. The van der Waals surface area contributed by atoms with Crippen LogP contribution in [-0.4, -0.2) is 11.9 Å². The van der Waals surface area contributed by atoms with Gasteiger partial charge in [-0.2, -0.15) is 0 Å². The second kappa shape index (κ2) is 9.45. The van der Waals surface area contributed by atoms with Crippen LogP contribution in [0.25, 0.3) is 10.8 Å². The summed E-state index contributed by atoms with van der Waals surface area (Å²) in [6.07, 6.45) is 0. The molecule has 0 aliphatic heterocycles.